The normalized spacial score (nSPS) is 17.6. The van der Waals surface area contributed by atoms with Crippen LogP contribution >= 0.6 is 0 Å². The second kappa shape index (κ2) is 7.33. The number of aryl methyl sites for hydroxylation is 1. The van der Waals surface area contributed by atoms with Crippen LogP contribution in [0.2, 0.25) is 0 Å². The van der Waals surface area contributed by atoms with Crippen LogP contribution in [-0.2, 0) is 6.42 Å². The number of carbonyl (C=O) groups is 1. The summed E-state index contributed by atoms with van der Waals surface area (Å²) in [7, 11) is 1.61. The van der Waals surface area contributed by atoms with Crippen molar-refractivity contribution in [2.45, 2.75) is 26.2 Å². The van der Waals surface area contributed by atoms with Crippen LogP contribution < -0.4 is 10.2 Å². The number of hydrogen-bond donors (Lipinski definition) is 1. The topological polar surface area (TPSA) is 83.9 Å². The average Bonchev–Trinajstić information content (AvgIpc) is 2.61. The Kier molecular flexibility index (Phi) is 4.98. The number of nitrogens with one attached hydrogen (secondary N) is 1. The van der Waals surface area contributed by atoms with Gasteiger partial charge in [-0.3, -0.25) is 4.79 Å². The van der Waals surface area contributed by atoms with Crippen molar-refractivity contribution in [3.63, 3.8) is 0 Å². The lowest BCUT2D eigenvalue weighted by molar-refractivity contribution is 0.0957. The summed E-state index contributed by atoms with van der Waals surface area (Å²) in [5.41, 5.74) is 1.36. The largest absolute Gasteiger partial charge is 0.356 e. The van der Waals surface area contributed by atoms with E-state index in [1.807, 2.05) is 13.0 Å². The molecule has 0 aromatic carbocycles. The van der Waals surface area contributed by atoms with Crippen molar-refractivity contribution >= 4 is 11.7 Å². The molecule has 1 aliphatic rings. The summed E-state index contributed by atoms with van der Waals surface area (Å²) in [6, 6.07) is 3.75. The van der Waals surface area contributed by atoms with Crippen LogP contribution in [0.15, 0.2) is 24.7 Å². The Morgan fingerprint density at radius 2 is 2.29 bits per heavy atom. The van der Waals surface area contributed by atoms with Gasteiger partial charge in [-0.05, 0) is 44.2 Å². The third-order valence-corrected chi connectivity index (χ3v) is 4.26. The molecule has 1 unspecified atom stereocenters. The molecule has 24 heavy (non-hydrogen) atoms. The number of rotatable bonds is 4. The summed E-state index contributed by atoms with van der Waals surface area (Å²) in [6.07, 6.45) is 6.48. The van der Waals surface area contributed by atoms with Gasteiger partial charge in [0.2, 0.25) is 0 Å². The summed E-state index contributed by atoms with van der Waals surface area (Å²) in [4.78, 5) is 31.2. The van der Waals surface area contributed by atoms with Gasteiger partial charge in [0.15, 0.2) is 0 Å². The molecule has 1 atom stereocenters. The minimum Gasteiger partial charge on any atom is -0.356 e. The number of carbonyl (C=O) groups excluding carboxylic acids is 1. The van der Waals surface area contributed by atoms with Crippen molar-refractivity contribution in [1.29, 1.82) is 0 Å². The molecular weight excluding hydrogens is 304 g/mol. The van der Waals surface area contributed by atoms with Gasteiger partial charge in [-0.15, -0.1) is 0 Å². The highest BCUT2D eigenvalue weighted by Crippen LogP contribution is 2.23. The van der Waals surface area contributed by atoms with Gasteiger partial charge in [-0.2, -0.15) is 0 Å². The minimum atomic E-state index is -0.173. The number of nitrogens with zero attached hydrogens (tertiary/aromatic N) is 5. The predicted molar refractivity (Wildman–Crippen MR) is 90.8 cm³/mol. The second-order valence-electron chi connectivity index (χ2n) is 6.10. The molecule has 1 fully saturated rings. The first-order valence-electron chi connectivity index (χ1n) is 8.23. The minimum absolute atomic E-state index is 0.173. The summed E-state index contributed by atoms with van der Waals surface area (Å²) >= 11 is 0. The Morgan fingerprint density at radius 1 is 1.42 bits per heavy atom. The fourth-order valence-corrected chi connectivity index (χ4v) is 3.18. The third-order valence-electron chi connectivity index (χ3n) is 4.26. The van der Waals surface area contributed by atoms with E-state index in [4.69, 9.17) is 0 Å². The molecule has 3 heterocycles. The van der Waals surface area contributed by atoms with E-state index in [0.29, 0.717) is 17.4 Å². The fourth-order valence-electron chi connectivity index (χ4n) is 3.18. The van der Waals surface area contributed by atoms with Gasteiger partial charge in [-0.1, -0.05) is 0 Å². The van der Waals surface area contributed by atoms with Crippen molar-refractivity contribution in [2.24, 2.45) is 5.92 Å². The highest BCUT2D eigenvalue weighted by atomic mass is 16.1. The van der Waals surface area contributed by atoms with Crippen molar-refractivity contribution in [3.8, 4) is 0 Å². The zero-order valence-electron chi connectivity index (χ0n) is 14.1. The monoisotopic (exact) mass is 326 g/mol. The maximum Gasteiger partial charge on any atom is 0.269 e. The molecule has 0 spiro atoms. The quantitative estimate of drug-likeness (QED) is 0.914. The Bertz CT molecular complexity index is 705. The Labute approximate surface area is 141 Å². The highest BCUT2D eigenvalue weighted by Gasteiger charge is 2.22. The molecule has 126 valence electrons. The van der Waals surface area contributed by atoms with Crippen molar-refractivity contribution in [3.05, 3.63) is 41.9 Å². The zero-order valence-corrected chi connectivity index (χ0v) is 14.1. The first kappa shape index (κ1) is 16.3. The number of aromatic nitrogens is 4. The molecule has 3 rings (SSSR count). The van der Waals surface area contributed by atoms with E-state index in [1.165, 1.54) is 0 Å². The van der Waals surface area contributed by atoms with E-state index in [-0.39, 0.29) is 5.91 Å². The first-order chi connectivity index (χ1) is 11.7. The lowest BCUT2D eigenvalue weighted by Gasteiger charge is -2.33. The molecule has 2 aromatic rings. The van der Waals surface area contributed by atoms with Gasteiger partial charge in [0.1, 0.15) is 23.7 Å². The fraction of sp³-hybridized carbons (Fsp3) is 0.471. The van der Waals surface area contributed by atoms with Crippen molar-refractivity contribution in [2.75, 3.05) is 25.0 Å². The van der Waals surface area contributed by atoms with E-state index in [2.05, 4.69) is 30.2 Å². The zero-order chi connectivity index (χ0) is 16.9. The van der Waals surface area contributed by atoms with E-state index < -0.39 is 0 Å². The van der Waals surface area contributed by atoms with Gasteiger partial charge < -0.3 is 10.2 Å². The van der Waals surface area contributed by atoms with E-state index in [1.54, 1.807) is 25.6 Å². The van der Waals surface area contributed by atoms with Gasteiger partial charge in [0, 0.05) is 32.0 Å². The second-order valence-corrected chi connectivity index (χ2v) is 6.10. The maximum atomic E-state index is 11.8. The molecule has 1 aliphatic heterocycles. The lowest BCUT2D eigenvalue weighted by Crippen LogP contribution is -2.37. The maximum absolute atomic E-state index is 11.8. The molecule has 0 radical (unpaired) electrons. The molecular formula is C17H22N6O. The first-order valence-corrected chi connectivity index (χ1v) is 8.23. The van der Waals surface area contributed by atoms with Crippen LogP contribution in [0.25, 0.3) is 0 Å². The predicted octanol–water partition coefficient (Wildman–Crippen LogP) is 1.39. The number of amides is 1. The summed E-state index contributed by atoms with van der Waals surface area (Å²) in [6.45, 7) is 3.78. The van der Waals surface area contributed by atoms with Gasteiger partial charge >= 0.3 is 0 Å². The standard InChI is InChI=1S/C17H22N6O/c1-12-21-14(9-15(22-12)17(24)18-2)8-13-4-3-7-23(10-13)16-5-6-19-11-20-16/h5-6,9,11,13H,3-4,7-8,10H2,1-2H3,(H,18,24). The summed E-state index contributed by atoms with van der Waals surface area (Å²) < 4.78 is 0. The SMILES string of the molecule is CNC(=O)c1cc(CC2CCCN(c3ccncn3)C2)nc(C)n1. The molecule has 1 N–H and O–H groups in total. The molecule has 7 nitrogen and oxygen atoms in total. The lowest BCUT2D eigenvalue weighted by atomic mass is 9.93. The van der Waals surface area contributed by atoms with Gasteiger partial charge in [0.25, 0.3) is 5.91 Å². The molecule has 0 saturated carbocycles. The van der Waals surface area contributed by atoms with E-state index >= 15 is 0 Å². The van der Waals surface area contributed by atoms with Crippen LogP contribution in [0.3, 0.4) is 0 Å². The van der Waals surface area contributed by atoms with Crippen molar-refractivity contribution in [1.82, 2.24) is 25.3 Å². The molecule has 0 aliphatic carbocycles. The molecule has 1 amide bonds. The number of anilines is 1. The molecule has 0 bridgehead atoms. The van der Waals surface area contributed by atoms with Crippen LogP contribution in [0.5, 0.6) is 0 Å². The van der Waals surface area contributed by atoms with Crippen LogP contribution in [0, 0.1) is 12.8 Å². The summed E-state index contributed by atoms with van der Waals surface area (Å²) in [5, 5.41) is 2.62. The van der Waals surface area contributed by atoms with Crippen molar-refractivity contribution < 1.29 is 4.79 Å². The van der Waals surface area contributed by atoms with Gasteiger partial charge in [0.05, 0.1) is 0 Å². The van der Waals surface area contributed by atoms with Crippen LogP contribution in [0.4, 0.5) is 5.82 Å². The third kappa shape index (κ3) is 3.84. The number of hydrogen-bond acceptors (Lipinski definition) is 6. The molecule has 1 saturated heterocycles. The van der Waals surface area contributed by atoms with E-state index in [0.717, 1.165) is 43.9 Å². The smallest absolute Gasteiger partial charge is 0.269 e. The Balaban J connectivity index is 1.71. The van der Waals surface area contributed by atoms with Gasteiger partial charge in [-0.25, -0.2) is 19.9 Å². The molecule has 2 aromatic heterocycles. The summed E-state index contributed by atoms with van der Waals surface area (Å²) in [5.74, 6) is 1.92. The van der Waals surface area contributed by atoms with Crippen LogP contribution in [0.1, 0.15) is 34.8 Å². The molecule has 7 heteroatoms. The average molecular weight is 326 g/mol. The Hall–Kier alpha value is -2.57. The van der Waals surface area contributed by atoms with E-state index in [9.17, 15) is 4.79 Å². The van der Waals surface area contributed by atoms with Crippen LogP contribution in [-0.4, -0.2) is 46.0 Å². The Morgan fingerprint density at radius 3 is 3.04 bits per heavy atom. The number of piperidine rings is 1. The highest BCUT2D eigenvalue weighted by molar-refractivity contribution is 5.92.